The first-order chi connectivity index (χ1) is 8.65. The van der Waals surface area contributed by atoms with Crippen LogP contribution < -0.4 is 10.6 Å². The standard InChI is InChI=1S/C14H20N2OS/c1-11-5-3-4-6-12(11)16-13(17)9-15-10-14(18-2)7-8-14/h3-6,15H,7-10H2,1-2H3,(H,16,17). The molecule has 0 aromatic heterocycles. The lowest BCUT2D eigenvalue weighted by Gasteiger charge is -2.13. The van der Waals surface area contributed by atoms with Gasteiger partial charge in [0.15, 0.2) is 0 Å². The molecule has 0 unspecified atom stereocenters. The minimum absolute atomic E-state index is 0.0289. The molecular weight excluding hydrogens is 244 g/mol. The summed E-state index contributed by atoms with van der Waals surface area (Å²) in [6, 6.07) is 7.83. The molecule has 1 aromatic rings. The molecule has 0 radical (unpaired) electrons. The Morgan fingerprint density at radius 3 is 2.72 bits per heavy atom. The summed E-state index contributed by atoms with van der Waals surface area (Å²) < 4.78 is 0.406. The Kier molecular flexibility index (Phi) is 4.30. The van der Waals surface area contributed by atoms with Crippen LogP contribution in [0.15, 0.2) is 24.3 Å². The van der Waals surface area contributed by atoms with Crippen LogP contribution in [0.3, 0.4) is 0 Å². The van der Waals surface area contributed by atoms with Crippen molar-refractivity contribution in [2.24, 2.45) is 0 Å². The van der Waals surface area contributed by atoms with Crippen LogP contribution >= 0.6 is 11.8 Å². The van der Waals surface area contributed by atoms with Crippen LogP contribution in [0, 0.1) is 6.92 Å². The SMILES string of the molecule is CSC1(CNCC(=O)Nc2ccccc2C)CC1. The zero-order chi connectivity index (χ0) is 13.0. The van der Waals surface area contributed by atoms with E-state index in [1.54, 1.807) is 0 Å². The van der Waals surface area contributed by atoms with E-state index in [9.17, 15) is 4.79 Å². The molecule has 2 N–H and O–H groups in total. The molecule has 0 aliphatic heterocycles. The second-order valence-electron chi connectivity index (χ2n) is 4.85. The monoisotopic (exact) mass is 264 g/mol. The number of para-hydroxylation sites is 1. The Morgan fingerprint density at radius 2 is 2.11 bits per heavy atom. The molecule has 1 aliphatic rings. The molecule has 4 heteroatoms. The zero-order valence-corrected chi connectivity index (χ0v) is 11.8. The highest BCUT2D eigenvalue weighted by atomic mass is 32.2. The van der Waals surface area contributed by atoms with Crippen LogP contribution in [-0.2, 0) is 4.79 Å². The van der Waals surface area contributed by atoms with Crippen LogP contribution in [0.25, 0.3) is 0 Å². The van der Waals surface area contributed by atoms with Gasteiger partial charge in [-0.3, -0.25) is 4.79 Å². The first-order valence-electron chi connectivity index (χ1n) is 6.27. The Bertz CT molecular complexity index is 430. The summed E-state index contributed by atoms with van der Waals surface area (Å²) in [4.78, 5) is 11.8. The third-order valence-corrected chi connectivity index (χ3v) is 4.81. The lowest BCUT2D eigenvalue weighted by Crippen LogP contribution is -2.33. The fourth-order valence-electron chi connectivity index (χ4n) is 1.90. The average Bonchev–Trinajstić information content (AvgIpc) is 3.13. The number of thioether (sulfide) groups is 1. The van der Waals surface area contributed by atoms with Gasteiger partial charge in [0.2, 0.25) is 5.91 Å². The number of benzene rings is 1. The quantitative estimate of drug-likeness (QED) is 0.829. The van der Waals surface area contributed by atoms with E-state index in [0.29, 0.717) is 11.3 Å². The van der Waals surface area contributed by atoms with E-state index in [0.717, 1.165) is 17.8 Å². The Hall–Kier alpha value is -1.00. The Labute approximate surface area is 113 Å². The van der Waals surface area contributed by atoms with Crippen LogP contribution in [0.2, 0.25) is 0 Å². The van der Waals surface area contributed by atoms with Crippen molar-refractivity contribution in [3.63, 3.8) is 0 Å². The van der Waals surface area contributed by atoms with Crippen molar-refractivity contribution in [3.05, 3.63) is 29.8 Å². The van der Waals surface area contributed by atoms with Gasteiger partial charge >= 0.3 is 0 Å². The minimum atomic E-state index is 0.0289. The van der Waals surface area contributed by atoms with E-state index in [1.807, 2.05) is 43.0 Å². The predicted octanol–water partition coefficient (Wildman–Crippen LogP) is 2.42. The summed E-state index contributed by atoms with van der Waals surface area (Å²) in [5.74, 6) is 0.0289. The molecule has 1 aliphatic carbocycles. The number of hydrogen-bond donors (Lipinski definition) is 2. The maximum atomic E-state index is 11.8. The maximum Gasteiger partial charge on any atom is 0.238 e. The third-order valence-electron chi connectivity index (χ3n) is 3.39. The molecular formula is C14H20N2OS. The van der Waals surface area contributed by atoms with Gasteiger partial charge in [0, 0.05) is 17.0 Å². The summed E-state index contributed by atoms with van der Waals surface area (Å²) in [6.07, 6.45) is 4.67. The Morgan fingerprint density at radius 1 is 1.39 bits per heavy atom. The number of carbonyl (C=O) groups is 1. The summed E-state index contributed by atoms with van der Waals surface area (Å²) in [6.45, 7) is 3.31. The number of rotatable bonds is 6. The lowest BCUT2D eigenvalue weighted by molar-refractivity contribution is -0.115. The zero-order valence-electron chi connectivity index (χ0n) is 11.0. The summed E-state index contributed by atoms with van der Waals surface area (Å²) in [7, 11) is 0. The minimum Gasteiger partial charge on any atom is -0.325 e. The molecule has 1 fully saturated rings. The first-order valence-corrected chi connectivity index (χ1v) is 7.49. The van der Waals surface area contributed by atoms with E-state index < -0.39 is 0 Å². The molecule has 1 amide bonds. The highest BCUT2D eigenvalue weighted by molar-refractivity contribution is 8.00. The van der Waals surface area contributed by atoms with Gasteiger partial charge in [-0.05, 0) is 37.7 Å². The number of hydrogen-bond acceptors (Lipinski definition) is 3. The van der Waals surface area contributed by atoms with E-state index in [2.05, 4.69) is 16.9 Å². The van der Waals surface area contributed by atoms with Crippen molar-refractivity contribution >= 4 is 23.4 Å². The fourth-order valence-corrected chi connectivity index (χ4v) is 2.66. The molecule has 0 atom stereocenters. The molecule has 2 rings (SSSR count). The molecule has 1 aromatic carbocycles. The fraction of sp³-hybridized carbons (Fsp3) is 0.500. The molecule has 1 saturated carbocycles. The molecule has 98 valence electrons. The Balaban J connectivity index is 1.74. The van der Waals surface area contributed by atoms with Crippen molar-refractivity contribution in [1.29, 1.82) is 0 Å². The van der Waals surface area contributed by atoms with Crippen molar-refractivity contribution in [3.8, 4) is 0 Å². The van der Waals surface area contributed by atoms with Gasteiger partial charge in [-0.25, -0.2) is 0 Å². The number of nitrogens with one attached hydrogen (secondary N) is 2. The van der Waals surface area contributed by atoms with Crippen molar-refractivity contribution in [2.75, 3.05) is 24.7 Å². The van der Waals surface area contributed by atoms with Gasteiger partial charge in [-0.1, -0.05) is 18.2 Å². The van der Waals surface area contributed by atoms with E-state index in [-0.39, 0.29) is 5.91 Å². The topological polar surface area (TPSA) is 41.1 Å². The van der Waals surface area contributed by atoms with Crippen LogP contribution in [-0.4, -0.2) is 30.0 Å². The van der Waals surface area contributed by atoms with E-state index >= 15 is 0 Å². The van der Waals surface area contributed by atoms with Crippen molar-refractivity contribution in [2.45, 2.75) is 24.5 Å². The van der Waals surface area contributed by atoms with Crippen LogP contribution in [0.1, 0.15) is 18.4 Å². The van der Waals surface area contributed by atoms with Gasteiger partial charge in [-0.2, -0.15) is 11.8 Å². The third kappa shape index (κ3) is 3.50. The maximum absolute atomic E-state index is 11.8. The normalized spacial score (nSPS) is 16.3. The molecule has 0 saturated heterocycles. The van der Waals surface area contributed by atoms with Gasteiger partial charge in [0.1, 0.15) is 0 Å². The lowest BCUT2D eigenvalue weighted by atomic mass is 10.2. The second-order valence-corrected chi connectivity index (χ2v) is 6.13. The van der Waals surface area contributed by atoms with Gasteiger partial charge in [-0.15, -0.1) is 0 Å². The van der Waals surface area contributed by atoms with Crippen molar-refractivity contribution < 1.29 is 4.79 Å². The second kappa shape index (κ2) is 5.76. The summed E-state index contributed by atoms with van der Waals surface area (Å²) >= 11 is 1.90. The molecule has 18 heavy (non-hydrogen) atoms. The number of amides is 1. The number of carbonyl (C=O) groups excluding carboxylic acids is 1. The number of aryl methyl sites for hydroxylation is 1. The average molecular weight is 264 g/mol. The molecule has 0 spiro atoms. The predicted molar refractivity (Wildman–Crippen MR) is 78.2 cm³/mol. The molecule has 0 heterocycles. The smallest absolute Gasteiger partial charge is 0.238 e. The highest BCUT2D eigenvalue weighted by Gasteiger charge is 2.41. The summed E-state index contributed by atoms with van der Waals surface area (Å²) in [5, 5.41) is 6.17. The highest BCUT2D eigenvalue weighted by Crippen LogP contribution is 2.46. The van der Waals surface area contributed by atoms with E-state index in [4.69, 9.17) is 0 Å². The van der Waals surface area contributed by atoms with Gasteiger partial charge in [0.25, 0.3) is 0 Å². The largest absolute Gasteiger partial charge is 0.325 e. The van der Waals surface area contributed by atoms with E-state index in [1.165, 1.54) is 12.8 Å². The molecule has 0 bridgehead atoms. The molecule has 3 nitrogen and oxygen atoms in total. The van der Waals surface area contributed by atoms with Crippen LogP contribution in [0.5, 0.6) is 0 Å². The first kappa shape index (κ1) is 13.4. The number of anilines is 1. The van der Waals surface area contributed by atoms with Crippen molar-refractivity contribution in [1.82, 2.24) is 5.32 Å². The van der Waals surface area contributed by atoms with Gasteiger partial charge < -0.3 is 10.6 Å². The summed E-state index contributed by atoms with van der Waals surface area (Å²) in [5.41, 5.74) is 1.99. The van der Waals surface area contributed by atoms with Crippen LogP contribution in [0.4, 0.5) is 5.69 Å². The van der Waals surface area contributed by atoms with Gasteiger partial charge in [0.05, 0.1) is 6.54 Å².